The summed E-state index contributed by atoms with van der Waals surface area (Å²) in [6.45, 7) is 1.92. The zero-order valence-corrected chi connectivity index (χ0v) is 15.2. The van der Waals surface area contributed by atoms with E-state index in [1.165, 1.54) is 6.33 Å². The van der Waals surface area contributed by atoms with Gasteiger partial charge in [-0.1, -0.05) is 12.1 Å². The lowest BCUT2D eigenvalue weighted by atomic mass is 10.2. The zero-order chi connectivity index (χ0) is 19.0. The Bertz CT molecular complexity index is 984. The van der Waals surface area contributed by atoms with Gasteiger partial charge in [-0.3, -0.25) is 4.99 Å². The van der Waals surface area contributed by atoms with Crippen LogP contribution >= 0.6 is 0 Å². The molecule has 7 heteroatoms. The number of aliphatic imine (C=N–C) groups is 1. The van der Waals surface area contributed by atoms with Crippen molar-refractivity contribution >= 4 is 17.2 Å². The van der Waals surface area contributed by atoms with Gasteiger partial charge in [0.2, 0.25) is 0 Å². The van der Waals surface area contributed by atoms with Crippen molar-refractivity contribution in [1.82, 2.24) is 14.5 Å². The SMILES string of the molecule is CN=Cc1ccccc1O[C@@H]1C[C@H](n2ccc3c(C)ncnc32)[C@@H](O)[C@H]1O. The van der Waals surface area contributed by atoms with Gasteiger partial charge in [-0.2, -0.15) is 0 Å². The topological polar surface area (TPSA) is 92.8 Å². The summed E-state index contributed by atoms with van der Waals surface area (Å²) in [7, 11) is 1.70. The van der Waals surface area contributed by atoms with Crippen molar-refractivity contribution in [2.75, 3.05) is 7.05 Å². The Balaban J connectivity index is 1.62. The second-order valence-corrected chi connectivity index (χ2v) is 6.79. The molecular weight excluding hydrogens is 344 g/mol. The summed E-state index contributed by atoms with van der Waals surface area (Å²) in [6, 6.07) is 9.12. The predicted octanol–water partition coefficient (Wildman–Crippen LogP) is 1.90. The van der Waals surface area contributed by atoms with E-state index in [1.54, 1.807) is 13.3 Å². The molecule has 1 aromatic carbocycles. The summed E-state index contributed by atoms with van der Waals surface area (Å²) in [5.41, 5.74) is 2.46. The van der Waals surface area contributed by atoms with Gasteiger partial charge < -0.3 is 19.5 Å². The molecule has 27 heavy (non-hydrogen) atoms. The molecular formula is C20H22N4O3. The van der Waals surface area contributed by atoms with Gasteiger partial charge >= 0.3 is 0 Å². The Morgan fingerprint density at radius 1 is 1.19 bits per heavy atom. The molecule has 0 aliphatic heterocycles. The number of aromatic nitrogens is 3. The van der Waals surface area contributed by atoms with Crippen molar-refractivity contribution in [1.29, 1.82) is 0 Å². The molecule has 0 radical (unpaired) electrons. The third-order valence-electron chi connectivity index (χ3n) is 5.13. The monoisotopic (exact) mass is 366 g/mol. The molecule has 0 amide bonds. The van der Waals surface area contributed by atoms with Crippen molar-refractivity contribution < 1.29 is 14.9 Å². The molecule has 0 unspecified atom stereocenters. The molecule has 2 aromatic heterocycles. The normalized spacial score (nSPS) is 25.5. The average molecular weight is 366 g/mol. The first-order valence-corrected chi connectivity index (χ1v) is 8.92. The number of hydrogen-bond acceptors (Lipinski definition) is 6. The summed E-state index contributed by atoms with van der Waals surface area (Å²) >= 11 is 0. The smallest absolute Gasteiger partial charge is 0.143 e. The van der Waals surface area contributed by atoms with Gasteiger partial charge in [0, 0.05) is 36.8 Å². The number of rotatable bonds is 4. The van der Waals surface area contributed by atoms with Crippen molar-refractivity contribution in [3.8, 4) is 5.75 Å². The Morgan fingerprint density at radius 2 is 2.00 bits per heavy atom. The highest BCUT2D eigenvalue weighted by Gasteiger charge is 2.44. The summed E-state index contributed by atoms with van der Waals surface area (Å²) in [6.07, 6.45) is 3.09. The third-order valence-corrected chi connectivity index (χ3v) is 5.13. The zero-order valence-electron chi connectivity index (χ0n) is 15.2. The van der Waals surface area contributed by atoms with Crippen LogP contribution in [0.25, 0.3) is 11.0 Å². The number of ether oxygens (including phenoxy) is 1. The van der Waals surface area contributed by atoms with E-state index in [2.05, 4.69) is 15.0 Å². The van der Waals surface area contributed by atoms with Crippen molar-refractivity contribution in [2.45, 2.75) is 37.7 Å². The van der Waals surface area contributed by atoms with Crippen LogP contribution in [0.2, 0.25) is 0 Å². The molecule has 2 heterocycles. The van der Waals surface area contributed by atoms with Crippen LogP contribution in [0, 0.1) is 6.92 Å². The van der Waals surface area contributed by atoms with Crippen LogP contribution in [0.1, 0.15) is 23.7 Å². The number of benzene rings is 1. The highest BCUT2D eigenvalue weighted by Crippen LogP contribution is 2.36. The van der Waals surface area contributed by atoms with E-state index in [-0.39, 0.29) is 6.04 Å². The minimum Gasteiger partial charge on any atom is -0.487 e. The van der Waals surface area contributed by atoms with Gasteiger partial charge in [0.25, 0.3) is 0 Å². The maximum absolute atomic E-state index is 10.7. The average Bonchev–Trinajstić information content (AvgIpc) is 3.21. The minimum atomic E-state index is -0.998. The fourth-order valence-corrected chi connectivity index (χ4v) is 3.72. The Kier molecular flexibility index (Phi) is 4.63. The molecule has 1 aliphatic carbocycles. The van der Waals surface area contributed by atoms with Crippen LogP contribution in [-0.4, -0.2) is 56.3 Å². The van der Waals surface area contributed by atoms with Gasteiger partial charge in [-0.05, 0) is 25.1 Å². The molecule has 2 N–H and O–H groups in total. The molecule has 140 valence electrons. The fourth-order valence-electron chi connectivity index (χ4n) is 3.72. The largest absolute Gasteiger partial charge is 0.487 e. The lowest BCUT2D eigenvalue weighted by Gasteiger charge is -2.19. The van der Waals surface area contributed by atoms with E-state index >= 15 is 0 Å². The molecule has 4 rings (SSSR count). The fraction of sp³-hybridized carbons (Fsp3) is 0.350. The van der Waals surface area contributed by atoms with E-state index in [9.17, 15) is 10.2 Å². The summed E-state index contributed by atoms with van der Waals surface area (Å²) < 4.78 is 7.96. The second kappa shape index (κ2) is 7.09. The third kappa shape index (κ3) is 3.09. The predicted molar refractivity (Wildman–Crippen MR) is 102 cm³/mol. The summed E-state index contributed by atoms with van der Waals surface area (Å²) in [5.74, 6) is 0.635. The summed E-state index contributed by atoms with van der Waals surface area (Å²) in [4.78, 5) is 12.6. The molecule has 1 aliphatic rings. The van der Waals surface area contributed by atoms with Crippen LogP contribution in [0.4, 0.5) is 0 Å². The van der Waals surface area contributed by atoms with Gasteiger partial charge in [-0.25, -0.2) is 9.97 Å². The van der Waals surface area contributed by atoms with Gasteiger partial charge in [-0.15, -0.1) is 0 Å². The minimum absolute atomic E-state index is 0.330. The van der Waals surface area contributed by atoms with E-state index in [1.807, 2.05) is 48.0 Å². The quantitative estimate of drug-likeness (QED) is 0.688. The van der Waals surface area contributed by atoms with E-state index in [0.717, 1.165) is 22.3 Å². The van der Waals surface area contributed by atoms with Crippen molar-refractivity contribution in [3.05, 3.63) is 54.1 Å². The van der Waals surface area contributed by atoms with Gasteiger partial charge in [0.1, 0.15) is 36.0 Å². The number of fused-ring (bicyclic) bond motifs is 1. The molecule has 0 bridgehead atoms. The maximum atomic E-state index is 10.7. The van der Waals surface area contributed by atoms with Crippen LogP contribution in [0.15, 0.2) is 47.8 Å². The maximum Gasteiger partial charge on any atom is 0.143 e. The lowest BCUT2D eigenvalue weighted by molar-refractivity contribution is -0.0164. The second-order valence-electron chi connectivity index (χ2n) is 6.79. The molecule has 4 atom stereocenters. The number of aliphatic hydroxyl groups excluding tert-OH is 2. The van der Waals surface area contributed by atoms with Crippen molar-refractivity contribution in [2.24, 2.45) is 4.99 Å². The van der Waals surface area contributed by atoms with Crippen molar-refractivity contribution in [3.63, 3.8) is 0 Å². The first-order chi connectivity index (χ1) is 13.1. The Labute approximate surface area is 157 Å². The number of para-hydroxylation sites is 1. The van der Waals surface area contributed by atoms with Crippen LogP contribution < -0.4 is 4.74 Å². The lowest BCUT2D eigenvalue weighted by Crippen LogP contribution is -2.34. The highest BCUT2D eigenvalue weighted by molar-refractivity contribution is 5.83. The first kappa shape index (κ1) is 17.6. The number of nitrogens with zero attached hydrogens (tertiary/aromatic N) is 4. The van der Waals surface area contributed by atoms with E-state index in [0.29, 0.717) is 12.2 Å². The Hall–Kier alpha value is -2.77. The van der Waals surface area contributed by atoms with E-state index in [4.69, 9.17) is 4.74 Å². The van der Waals surface area contributed by atoms with Crippen LogP contribution in [0.5, 0.6) is 5.75 Å². The van der Waals surface area contributed by atoms with Crippen LogP contribution in [0.3, 0.4) is 0 Å². The van der Waals surface area contributed by atoms with E-state index < -0.39 is 18.3 Å². The molecule has 1 saturated carbocycles. The van der Waals surface area contributed by atoms with Gasteiger partial charge in [0.15, 0.2) is 0 Å². The molecule has 1 fully saturated rings. The first-order valence-electron chi connectivity index (χ1n) is 8.92. The number of hydrogen-bond donors (Lipinski definition) is 2. The Morgan fingerprint density at radius 3 is 2.81 bits per heavy atom. The molecule has 0 saturated heterocycles. The van der Waals surface area contributed by atoms with Crippen LogP contribution in [-0.2, 0) is 0 Å². The number of aryl methyl sites for hydroxylation is 1. The standard InChI is InChI=1S/C20H22N4O3/c1-12-14-7-8-24(20(14)23-11-22-12)15-9-17(19(26)18(15)25)27-16-6-4-3-5-13(16)10-21-2/h3-8,10-11,15,17-19,25-26H,9H2,1-2H3/t15-,17+,18+,19-/m0/s1. The summed E-state index contributed by atoms with van der Waals surface area (Å²) in [5, 5.41) is 22.2. The van der Waals surface area contributed by atoms with Gasteiger partial charge in [0.05, 0.1) is 11.7 Å². The number of aliphatic hydroxyl groups is 2. The molecule has 3 aromatic rings. The molecule has 0 spiro atoms. The highest BCUT2D eigenvalue weighted by atomic mass is 16.5. The molecule has 7 nitrogen and oxygen atoms in total.